The van der Waals surface area contributed by atoms with Crippen molar-refractivity contribution in [3.63, 3.8) is 0 Å². The van der Waals surface area contributed by atoms with Gasteiger partial charge in [-0.25, -0.2) is 4.98 Å². The molecular weight excluding hydrogens is 541 g/mol. The third kappa shape index (κ3) is 4.61. The minimum atomic E-state index is -4.95. The lowest BCUT2D eigenvalue weighted by Crippen LogP contribution is -2.41. The van der Waals surface area contributed by atoms with Gasteiger partial charge in [0.25, 0.3) is 5.56 Å². The Morgan fingerprint density at radius 1 is 1.28 bits per heavy atom. The molecule has 1 aliphatic carbocycles. The first kappa shape index (κ1) is 24.8. The van der Waals surface area contributed by atoms with E-state index in [1.807, 2.05) is 0 Å². The Kier molecular flexibility index (Phi) is 6.11. The molecule has 0 radical (unpaired) electrons. The van der Waals surface area contributed by atoms with Crippen molar-refractivity contribution in [2.75, 3.05) is 18.4 Å². The molecule has 2 heterocycles. The number of anilines is 1. The minimum absolute atomic E-state index is 0.183. The van der Waals surface area contributed by atoms with Crippen LogP contribution in [-0.4, -0.2) is 45.9 Å². The van der Waals surface area contributed by atoms with E-state index in [-0.39, 0.29) is 16.8 Å². The predicted octanol–water partition coefficient (Wildman–Crippen LogP) is 5.11. The van der Waals surface area contributed by atoms with Crippen molar-refractivity contribution >= 4 is 38.4 Å². The second kappa shape index (κ2) is 8.88. The van der Waals surface area contributed by atoms with Gasteiger partial charge in [0.2, 0.25) is 5.91 Å². The second-order valence-corrected chi connectivity index (χ2v) is 10.7. The fourth-order valence-electron chi connectivity index (χ4n) is 5.13. The van der Waals surface area contributed by atoms with Crippen molar-refractivity contribution in [2.24, 2.45) is 11.3 Å². The van der Waals surface area contributed by atoms with Crippen molar-refractivity contribution in [1.29, 1.82) is 0 Å². The third-order valence-corrected chi connectivity index (χ3v) is 7.94. The van der Waals surface area contributed by atoms with Crippen LogP contribution in [0.15, 0.2) is 52.0 Å². The quantitative estimate of drug-likeness (QED) is 0.466. The fourth-order valence-corrected chi connectivity index (χ4v) is 5.48. The minimum Gasteiger partial charge on any atom is -0.404 e. The summed E-state index contributed by atoms with van der Waals surface area (Å²) in [5, 5.41) is 2.94. The number of rotatable bonds is 5. The summed E-state index contributed by atoms with van der Waals surface area (Å²) in [5.74, 6) is -0.475. The molecule has 36 heavy (non-hydrogen) atoms. The van der Waals surface area contributed by atoms with Crippen LogP contribution in [0.1, 0.15) is 26.7 Å². The fraction of sp³-hybridized carbons (Fsp3) is 0.400. The standard InChI is InChI=1S/C25H24BrF3N4O3/c1-14(32-11-15-7-8-24(15,2)12-32)22(34)31-20-10-17(4-6-21(20)36-25(27,28)29)33-13-30-19-9-16(26)3-5-18(19)23(33)35/h3-6,9-10,13-15H,7-8,11-12H2,1-2H3,(H,31,34). The van der Waals surface area contributed by atoms with Gasteiger partial charge >= 0.3 is 6.36 Å². The Labute approximate surface area is 213 Å². The highest BCUT2D eigenvalue weighted by Crippen LogP contribution is 2.51. The molecule has 2 aromatic carbocycles. The highest BCUT2D eigenvalue weighted by Gasteiger charge is 2.50. The molecule has 2 fully saturated rings. The first-order valence-electron chi connectivity index (χ1n) is 11.6. The molecule has 11 heteroatoms. The third-order valence-electron chi connectivity index (χ3n) is 7.44. The van der Waals surface area contributed by atoms with Gasteiger partial charge < -0.3 is 10.1 Å². The summed E-state index contributed by atoms with van der Waals surface area (Å²) >= 11 is 3.34. The molecule has 2 aliphatic rings. The van der Waals surface area contributed by atoms with E-state index in [0.717, 1.165) is 36.5 Å². The van der Waals surface area contributed by atoms with Crippen LogP contribution in [0.25, 0.3) is 16.6 Å². The topological polar surface area (TPSA) is 76.5 Å². The average molecular weight is 565 g/mol. The summed E-state index contributed by atoms with van der Waals surface area (Å²) in [5.41, 5.74) is 0.319. The highest BCUT2D eigenvalue weighted by atomic mass is 79.9. The zero-order valence-electron chi connectivity index (χ0n) is 19.6. The monoisotopic (exact) mass is 564 g/mol. The first-order valence-corrected chi connectivity index (χ1v) is 12.3. The van der Waals surface area contributed by atoms with Gasteiger partial charge in [0.05, 0.1) is 28.3 Å². The molecule has 0 bridgehead atoms. The van der Waals surface area contributed by atoms with E-state index in [2.05, 4.69) is 42.8 Å². The largest absolute Gasteiger partial charge is 0.573 e. The van der Waals surface area contributed by atoms with Crippen molar-refractivity contribution in [3.05, 3.63) is 57.6 Å². The zero-order chi connectivity index (χ0) is 25.8. The van der Waals surface area contributed by atoms with Gasteiger partial charge in [0.1, 0.15) is 6.33 Å². The summed E-state index contributed by atoms with van der Waals surface area (Å²) in [4.78, 5) is 32.5. The Morgan fingerprint density at radius 3 is 2.69 bits per heavy atom. The number of amides is 1. The van der Waals surface area contributed by atoms with Crippen molar-refractivity contribution in [3.8, 4) is 11.4 Å². The van der Waals surface area contributed by atoms with Gasteiger partial charge in [-0.1, -0.05) is 22.9 Å². The number of ether oxygens (including phenoxy) is 1. The van der Waals surface area contributed by atoms with Crippen LogP contribution in [-0.2, 0) is 4.79 Å². The molecule has 1 saturated carbocycles. The van der Waals surface area contributed by atoms with Crippen LogP contribution in [0.4, 0.5) is 18.9 Å². The smallest absolute Gasteiger partial charge is 0.404 e. The molecule has 3 unspecified atom stereocenters. The number of likely N-dealkylation sites (tertiary alicyclic amines) is 1. The van der Waals surface area contributed by atoms with E-state index in [4.69, 9.17) is 0 Å². The number of carbonyl (C=O) groups is 1. The second-order valence-electron chi connectivity index (χ2n) is 9.79. The van der Waals surface area contributed by atoms with E-state index in [1.54, 1.807) is 25.1 Å². The SMILES string of the molecule is CC(C(=O)Nc1cc(-n2cnc3cc(Br)ccc3c2=O)ccc1OC(F)(F)F)N1CC2CCC2(C)C1. The summed E-state index contributed by atoms with van der Waals surface area (Å²) in [6.45, 7) is 5.50. The van der Waals surface area contributed by atoms with Crippen LogP contribution in [0, 0.1) is 11.3 Å². The zero-order valence-corrected chi connectivity index (χ0v) is 21.2. The highest BCUT2D eigenvalue weighted by molar-refractivity contribution is 9.10. The van der Waals surface area contributed by atoms with E-state index >= 15 is 0 Å². The van der Waals surface area contributed by atoms with Gasteiger partial charge in [-0.3, -0.25) is 19.1 Å². The summed E-state index contributed by atoms with van der Waals surface area (Å²) in [6.07, 6.45) is -1.42. The Hall–Kier alpha value is -2.92. The van der Waals surface area contributed by atoms with E-state index in [0.29, 0.717) is 16.8 Å². The van der Waals surface area contributed by atoms with Gasteiger partial charge in [0, 0.05) is 17.6 Å². The summed E-state index contributed by atoms with van der Waals surface area (Å²) in [6, 6.07) is 8.14. The van der Waals surface area contributed by atoms with Crippen molar-refractivity contribution in [1.82, 2.24) is 14.5 Å². The van der Waals surface area contributed by atoms with Gasteiger partial charge in [0.15, 0.2) is 5.75 Å². The van der Waals surface area contributed by atoms with Gasteiger partial charge in [-0.15, -0.1) is 13.2 Å². The average Bonchev–Trinajstić information content (AvgIpc) is 3.03. The maximum Gasteiger partial charge on any atom is 0.573 e. The number of hydrogen-bond acceptors (Lipinski definition) is 5. The number of fused-ring (bicyclic) bond motifs is 2. The number of hydrogen-bond donors (Lipinski definition) is 1. The van der Waals surface area contributed by atoms with Crippen LogP contribution >= 0.6 is 15.9 Å². The molecule has 190 valence electrons. The normalized spacial score (nSPS) is 22.7. The van der Waals surface area contributed by atoms with Gasteiger partial charge in [-0.05, 0) is 67.5 Å². The Balaban J connectivity index is 1.47. The first-order chi connectivity index (χ1) is 16.9. The molecule has 1 N–H and O–H groups in total. The van der Waals surface area contributed by atoms with Crippen LogP contribution in [0.5, 0.6) is 5.75 Å². The summed E-state index contributed by atoms with van der Waals surface area (Å²) in [7, 11) is 0. The van der Waals surface area contributed by atoms with Crippen molar-refractivity contribution in [2.45, 2.75) is 39.1 Å². The van der Waals surface area contributed by atoms with Gasteiger partial charge in [-0.2, -0.15) is 0 Å². The number of aromatic nitrogens is 2. The van der Waals surface area contributed by atoms with Crippen LogP contribution < -0.4 is 15.6 Å². The Bertz CT molecular complexity index is 1410. The molecule has 0 spiro atoms. The van der Waals surface area contributed by atoms with E-state index in [9.17, 15) is 22.8 Å². The molecule has 1 saturated heterocycles. The lowest BCUT2D eigenvalue weighted by atomic mass is 9.64. The van der Waals surface area contributed by atoms with E-state index in [1.165, 1.54) is 23.0 Å². The molecule has 1 aliphatic heterocycles. The molecule has 7 nitrogen and oxygen atoms in total. The molecule has 1 amide bonds. The maximum absolute atomic E-state index is 13.1. The number of carbonyl (C=O) groups excluding carboxylic acids is 1. The lowest BCUT2D eigenvalue weighted by molar-refractivity contribution is -0.274. The maximum atomic E-state index is 13.1. The van der Waals surface area contributed by atoms with E-state index < -0.39 is 29.6 Å². The molecule has 3 atom stereocenters. The number of benzene rings is 2. The predicted molar refractivity (Wildman–Crippen MR) is 132 cm³/mol. The molecule has 3 aromatic rings. The number of nitrogens with zero attached hydrogens (tertiary/aromatic N) is 3. The molecule has 1 aromatic heterocycles. The number of nitrogens with one attached hydrogen (secondary N) is 1. The van der Waals surface area contributed by atoms with Crippen LogP contribution in [0.3, 0.4) is 0 Å². The van der Waals surface area contributed by atoms with Crippen molar-refractivity contribution < 1.29 is 22.7 Å². The number of alkyl halides is 3. The number of halogens is 4. The Morgan fingerprint density at radius 2 is 2.06 bits per heavy atom. The summed E-state index contributed by atoms with van der Waals surface area (Å²) < 4.78 is 45.4. The lowest BCUT2D eigenvalue weighted by Gasteiger charge is -2.40. The molecular formula is C25H24BrF3N4O3. The molecule has 5 rings (SSSR count). The van der Waals surface area contributed by atoms with Crippen LogP contribution in [0.2, 0.25) is 0 Å².